The number of hydrogen-bond acceptors (Lipinski definition) is 2. The van der Waals surface area contributed by atoms with Crippen LogP contribution in [0, 0.1) is 13.8 Å². The zero-order valence-electron chi connectivity index (χ0n) is 9.12. The lowest BCUT2D eigenvalue weighted by molar-refractivity contribution is 1.04. The third-order valence-corrected chi connectivity index (χ3v) is 2.95. The van der Waals surface area contributed by atoms with Crippen LogP contribution >= 0.6 is 0 Å². The van der Waals surface area contributed by atoms with Gasteiger partial charge in [0.2, 0.25) is 0 Å². The van der Waals surface area contributed by atoms with Crippen LogP contribution in [0.1, 0.15) is 24.4 Å². The smallest absolute Gasteiger partial charge is 0.110 e. The molecule has 2 heterocycles. The first-order valence-corrected chi connectivity index (χ1v) is 5.46. The Morgan fingerprint density at radius 1 is 1.40 bits per heavy atom. The summed E-state index contributed by atoms with van der Waals surface area (Å²) in [6.07, 6.45) is 4.71. The van der Waals surface area contributed by atoms with E-state index in [0.29, 0.717) is 6.04 Å². The van der Waals surface area contributed by atoms with Crippen LogP contribution in [0.4, 0.5) is 5.69 Å². The molecule has 0 atom stereocenters. The summed E-state index contributed by atoms with van der Waals surface area (Å²) in [7, 11) is 0. The number of hydrogen-bond donors (Lipinski definition) is 1. The molecule has 1 N–H and O–H groups in total. The maximum absolute atomic E-state index is 4.46. The third kappa shape index (κ3) is 1.48. The molecule has 1 aliphatic carbocycles. The number of nitrogens with one attached hydrogen (secondary N) is 1. The first kappa shape index (κ1) is 8.77. The third-order valence-electron chi connectivity index (χ3n) is 2.95. The van der Waals surface area contributed by atoms with E-state index in [-0.39, 0.29) is 0 Å². The normalized spacial score (nSPS) is 15.9. The molecule has 0 saturated heterocycles. The molecular formula is C12H15N3. The van der Waals surface area contributed by atoms with Crippen LogP contribution in [0.25, 0.3) is 5.52 Å². The molecule has 0 radical (unpaired) electrons. The number of rotatable bonds is 2. The number of fused-ring (bicyclic) bond motifs is 1. The predicted octanol–water partition coefficient (Wildman–Crippen LogP) is 2.53. The minimum Gasteiger partial charge on any atom is -0.382 e. The summed E-state index contributed by atoms with van der Waals surface area (Å²) in [6.45, 7) is 4.09. The summed E-state index contributed by atoms with van der Waals surface area (Å²) in [5.74, 6) is 1.06. The largest absolute Gasteiger partial charge is 0.382 e. The monoisotopic (exact) mass is 201 g/mol. The second kappa shape index (κ2) is 2.99. The Morgan fingerprint density at radius 2 is 2.20 bits per heavy atom. The summed E-state index contributed by atoms with van der Waals surface area (Å²) in [5.41, 5.74) is 3.53. The van der Waals surface area contributed by atoms with Crippen LogP contribution in [0.3, 0.4) is 0 Å². The number of aromatic nitrogens is 2. The Hall–Kier alpha value is -1.51. The molecule has 3 heteroatoms. The highest BCUT2D eigenvalue weighted by atomic mass is 15.0. The fourth-order valence-corrected chi connectivity index (χ4v) is 1.97. The van der Waals surface area contributed by atoms with Gasteiger partial charge in [-0.1, -0.05) is 0 Å². The first-order chi connectivity index (χ1) is 7.24. The van der Waals surface area contributed by atoms with E-state index in [0.717, 1.165) is 11.5 Å². The van der Waals surface area contributed by atoms with E-state index in [1.54, 1.807) is 0 Å². The maximum atomic E-state index is 4.46. The Kier molecular flexibility index (Phi) is 1.75. The van der Waals surface area contributed by atoms with Gasteiger partial charge in [0.05, 0.1) is 11.2 Å². The maximum Gasteiger partial charge on any atom is 0.110 e. The van der Waals surface area contributed by atoms with Crippen molar-refractivity contribution in [3.05, 3.63) is 29.8 Å². The number of pyridine rings is 1. The van der Waals surface area contributed by atoms with Gasteiger partial charge in [-0.15, -0.1) is 0 Å². The molecule has 2 aromatic rings. The predicted molar refractivity (Wildman–Crippen MR) is 61.3 cm³/mol. The van der Waals surface area contributed by atoms with Gasteiger partial charge in [-0.3, -0.25) is 0 Å². The van der Waals surface area contributed by atoms with Crippen molar-refractivity contribution in [2.75, 3.05) is 5.32 Å². The van der Waals surface area contributed by atoms with Gasteiger partial charge in [0.15, 0.2) is 0 Å². The molecule has 0 amide bonds. The van der Waals surface area contributed by atoms with Crippen molar-refractivity contribution in [2.45, 2.75) is 32.7 Å². The molecule has 0 bridgehead atoms. The lowest BCUT2D eigenvalue weighted by atomic mass is 10.3. The van der Waals surface area contributed by atoms with E-state index in [1.165, 1.54) is 24.0 Å². The summed E-state index contributed by atoms with van der Waals surface area (Å²) >= 11 is 0. The van der Waals surface area contributed by atoms with Gasteiger partial charge in [0, 0.05) is 17.9 Å². The minimum absolute atomic E-state index is 0.705. The van der Waals surface area contributed by atoms with Crippen molar-refractivity contribution >= 4 is 11.2 Å². The van der Waals surface area contributed by atoms with Gasteiger partial charge >= 0.3 is 0 Å². The highest BCUT2D eigenvalue weighted by Crippen LogP contribution is 2.26. The number of imidazole rings is 1. The second-order valence-electron chi connectivity index (χ2n) is 4.33. The first-order valence-electron chi connectivity index (χ1n) is 5.46. The van der Waals surface area contributed by atoms with E-state index in [9.17, 15) is 0 Å². The molecule has 2 aromatic heterocycles. The SMILES string of the molecule is Cc1nc(C)n2ccc(NC3CC3)cc12. The number of anilines is 1. The number of aryl methyl sites for hydroxylation is 2. The van der Waals surface area contributed by atoms with Gasteiger partial charge in [0.1, 0.15) is 5.82 Å². The standard InChI is InChI=1S/C12H15N3/c1-8-12-7-11(14-10-3-4-10)5-6-15(12)9(2)13-8/h5-7,10,14H,3-4H2,1-2H3. The van der Waals surface area contributed by atoms with Crippen LogP contribution in [0.2, 0.25) is 0 Å². The van der Waals surface area contributed by atoms with Crippen molar-refractivity contribution < 1.29 is 0 Å². The molecule has 1 saturated carbocycles. The Labute approximate surface area is 89.1 Å². The fourth-order valence-electron chi connectivity index (χ4n) is 1.97. The van der Waals surface area contributed by atoms with E-state index < -0.39 is 0 Å². The van der Waals surface area contributed by atoms with Gasteiger partial charge in [0.25, 0.3) is 0 Å². The van der Waals surface area contributed by atoms with Gasteiger partial charge in [-0.05, 0) is 38.8 Å². The van der Waals surface area contributed by atoms with E-state index >= 15 is 0 Å². The van der Waals surface area contributed by atoms with E-state index in [4.69, 9.17) is 0 Å². The molecule has 0 spiro atoms. The van der Waals surface area contributed by atoms with Crippen LogP contribution in [-0.4, -0.2) is 15.4 Å². The van der Waals surface area contributed by atoms with E-state index in [2.05, 4.69) is 40.0 Å². The van der Waals surface area contributed by atoms with Gasteiger partial charge < -0.3 is 9.72 Å². The van der Waals surface area contributed by atoms with Gasteiger partial charge in [-0.25, -0.2) is 4.98 Å². The summed E-state index contributed by atoms with van der Waals surface area (Å²) in [5, 5.41) is 3.50. The van der Waals surface area contributed by atoms with Crippen molar-refractivity contribution in [3.63, 3.8) is 0 Å². The van der Waals surface area contributed by atoms with E-state index in [1.807, 2.05) is 6.92 Å². The molecule has 1 fully saturated rings. The molecule has 0 aromatic carbocycles. The average Bonchev–Trinajstić information content (AvgIpc) is 2.96. The van der Waals surface area contributed by atoms with Crippen molar-refractivity contribution in [1.29, 1.82) is 0 Å². The zero-order chi connectivity index (χ0) is 10.4. The second-order valence-corrected chi connectivity index (χ2v) is 4.33. The lowest BCUT2D eigenvalue weighted by Gasteiger charge is -2.05. The highest BCUT2D eigenvalue weighted by molar-refractivity contribution is 5.62. The lowest BCUT2D eigenvalue weighted by Crippen LogP contribution is -2.01. The van der Waals surface area contributed by atoms with Gasteiger partial charge in [-0.2, -0.15) is 0 Å². The zero-order valence-corrected chi connectivity index (χ0v) is 9.12. The summed E-state index contributed by atoms with van der Waals surface area (Å²) in [4.78, 5) is 4.46. The molecule has 0 unspecified atom stereocenters. The Morgan fingerprint density at radius 3 is 2.93 bits per heavy atom. The molecule has 1 aliphatic rings. The summed E-state index contributed by atoms with van der Waals surface area (Å²) < 4.78 is 2.13. The molecular weight excluding hydrogens is 186 g/mol. The summed E-state index contributed by atoms with van der Waals surface area (Å²) in [6, 6.07) is 5.02. The van der Waals surface area contributed by atoms with Crippen LogP contribution in [0.5, 0.6) is 0 Å². The molecule has 3 nitrogen and oxygen atoms in total. The fraction of sp³-hybridized carbons (Fsp3) is 0.417. The molecule has 15 heavy (non-hydrogen) atoms. The Balaban J connectivity index is 2.07. The molecule has 0 aliphatic heterocycles. The quantitative estimate of drug-likeness (QED) is 0.809. The topological polar surface area (TPSA) is 29.3 Å². The van der Waals surface area contributed by atoms with Crippen molar-refractivity contribution in [2.24, 2.45) is 0 Å². The average molecular weight is 201 g/mol. The van der Waals surface area contributed by atoms with Crippen LogP contribution in [0.15, 0.2) is 18.3 Å². The van der Waals surface area contributed by atoms with Crippen LogP contribution < -0.4 is 5.32 Å². The van der Waals surface area contributed by atoms with Crippen LogP contribution in [-0.2, 0) is 0 Å². The van der Waals surface area contributed by atoms with Crippen molar-refractivity contribution in [3.8, 4) is 0 Å². The number of nitrogens with zero attached hydrogens (tertiary/aromatic N) is 2. The van der Waals surface area contributed by atoms with Crippen molar-refractivity contribution in [1.82, 2.24) is 9.38 Å². The molecule has 78 valence electrons. The highest BCUT2D eigenvalue weighted by Gasteiger charge is 2.20. The molecule has 3 rings (SSSR count). The Bertz CT molecular complexity index is 509. The minimum atomic E-state index is 0.705.